The van der Waals surface area contributed by atoms with Gasteiger partial charge in [-0.2, -0.15) is 0 Å². The fourth-order valence-electron chi connectivity index (χ4n) is 1.42. The fraction of sp³-hybridized carbons (Fsp3) is 0.273. The van der Waals surface area contributed by atoms with E-state index in [9.17, 15) is 0 Å². The van der Waals surface area contributed by atoms with E-state index in [0.717, 1.165) is 5.76 Å². The molecule has 0 saturated heterocycles. The summed E-state index contributed by atoms with van der Waals surface area (Å²) in [6, 6.07) is 3.76. The maximum Gasteiger partial charge on any atom is 0.243 e. The zero-order valence-electron chi connectivity index (χ0n) is 9.23. The summed E-state index contributed by atoms with van der Waals surface area (Å²) in [5.74, 6) is 1.98. The lowest BCUT2D eigenvalue weighted by molar-refractivity contribution is 0.395. The van der Waals surface area contributed by atoms with Crippen molar-refractivity contribution in [3.8, 4) is 17.3 Å². The van der Waals surface area contributed by atoms with Crippen molar-refractivity contribution in [1.29, 1.82) is 0 Å². The van der Waals surface area contributed by atoms with Crippen LogP contribution in [0.5, 0.6) is 5.88 Å². The number of ether oxygens (including phenoxy) is 1. The van der Waals surface area contributed by atoms with E-state index in [4.69, 9.17) is 9.15 Å². The topological polar surface area (TPSA) is 60.2 Å². The Morgan fingerprint density at radius 2 is 2.12 bits per heavy atom. The van der Waals surface area contributed by atoms with Gasteiger partial charge in [-0.05, 0) is 19.2 Å². The van der Waals surface area contributed by atoms with E-state index in [-0.39, 0.29) is 0 Å². The molecule has 5 nitrogen and oxygen atoms in total. The maximum absolute atomic E-state index is 5.61. The summed E-state index contributed by atoms with van der Waals surface area (Å²) in [5.41, 5.74) is 0.618. The van der Waals surface area contributed by atoms with Gasteiger partial charge in [-0.25, -0.2) is 9.97 Å². The minimum absolute atomic E-state index is 0.466. The van der Waals surface area contributed by atoms with Crippen LogP contribution in [0.15, 0.2) is 28.9 Å². The average molecular weight is 219 g/mol. The van der Waals surface area contributed by atoms with Crippen LogP contribution in [-0.2, 0) is 6.54 Å². The van der Waals surface area contributed by atoms with Gasteiger partial charge >= 0.3 is 0 Å². The van der Waals surface area contributed by atoms with Crippen LogP contribution in [0.4, 0.5) is 0 Å². The summed E-state index contributed by atoms with van der Waals surface area (Å²) in [5, 5.41) is 3.02. The summed E-state index contributed by atoms with van der Waals surface area (Å²) >= 11 is 0. The van der Waals surface area contributed by atoms with Crippen LogP contribution in [0.25, 0.3) is 11.5 Å². The van der Waals surface area contributed by atoms with Gasteiger partial charge in [0.2, 0.25) is 5.88 Å². The summed E-state index contributed by atoms with van der Waals surface area (Å²) in [6.45, 7) is 0.683. The summed E-state index contributed by atoms with van der Waals surface area (Å²) in [6.07, 6.45) is 3.19. The molecule has 2 aromatic heterocycles. The van der Waals surface area contributed by atoms with Crippen molar-refractivity contribution in [3.05, 3.63) is 30.3 Å². The molecule has 2 heterocycles. The molecule has 2 aromatic rings. The molecule has 0 bridgehead atoms. The Hall–Kier alpha value is -1.88. The van der Waals surface area contributed by atoms with E-state index in [0.29, 0.717) is 23.9 Å². The molecule has 2 rings (SSSR count). The van der Waals surface area contributed by atoms with Crippen LogP contribution in [-0.4, -0.2) is 24.1 Å². The lowest BCUT2D eigenvalue weighted by atomic mass is 10.3. The van der Waals surface area contributed by atoms with Crippen LogP contribution in [0.3, 0.4) is 0 Å². The minimum Gasteiger partial charge on any atom is -0.479 e. The van der Waals surface area contributed by atoms with Crippen molar-refractivity contribution < 1.29 is 9.15 Å². The molecule has 0 fully saturated rings. The van der Waals surface area contributed by atoms with E-state index in [1.807, 2.05) is 19.2 Å². The molecule has 5 heteroatoms. The standard InChI is InChI=1S/C11H13N3O2/c1-12-7-8-3-4-9(16-8)10-11(15-2)14-6-5-13-10/h3-6,12H,7H2,1-2H3. The van der Waals surface area contributed by atoms with Crippen LogP contribution >= 0.6 is 0 Å². The Kier molecular flexibility index (Phi) is 3.16. The third kappa shape index (κ3) is 2.04. The van der Waals surface area contributed by atoms with Crippen molar-refractivity contribution in [2.45, 2.75) is 6.54 Å². The third-order valence-electron chi connectivity index (χ3n) is 2.10. The number of furan rings is 1. The number of aromatic nitrogens is 2. The van der Waals surface area contributed by atoms with E-state index in [1.54, 1.807) is 19.5 Å². The van der Waals surface area contributed by atoms with Crippen LogP contribution in [0.1, 0.15) is 5.76 Å². The van der Waals surface area contributed by atoms with Crippen LogP contribution in [0, 0.1) is 0 Å². The molecule has 0 amide bonds. The zero-order chi connectivity index (χ0) is 11.4. The van der Waals surface area contributed by atoms with Gasteiger partial charge in [0.15, 0.2) is 11.5 Å². The largest absolute Gasteiger partial charge is 0.479 e. The first kappa shape index (κ1) is 10.6. The van der Waals surface area contributed by atoms with Crippen molar-refractivity contribution in [2.75, 3.05) is 14.2 Å². The normalized spacial score (nSPS) is 10.4. The van der Waals surface area contributed by atoms with Crippen molar-refractivity contribution >= 4 is 0 Å². The van der Waals surface area contributed by atoms with Gasteiger partial charge in [-0.1, -0.05) is 0 Å². The molecule has 0 radical (unpaired) electrons. The SMILES string of the molecule is CNCc1ccc(-c2nccnc2OC)o1. The lowest BCUT2D eigenvalue weighted by Gasteiger charge is -2.02. The summed E-state index contributed by atoms with van der Waals surface area (Å²) < 4.78 is 10.7. The van der Waals surface area contributed by atoms with Crippen molar-refractivity contribution in [1.82, 2.24) is 15.3 Å². The Balaban J connectivity index is 2.34. The Morgan fingerprint density at radius 1 is 1.31 bits per heavy atom. The van der Waals surface area contributed by atoms with Crippen LogP contribution in [0.2, 0.25) is 0 Å². The number of methoxy groups -OCH3 is 1. The second-order valence-corrected chi connectivity index (χ2v) is 3.21. The second kappa shape index (κ2) is 4.76. The molecular weight excluding hydrogens is 206 g/mol. The van der Waals surface area contributed by atoms with E-state index in [2.05, 4.69) is 15.3 Å². The number of hydrogen-bond donors (Lipinski definition) is 1. The highest BCUT2D eigenvalue weighted by Gasteiger charge is 2.12. The monoisotopic (exact) mass is 219 g/mol. The zero-order valence-corrected chi connectivity index (χ0v) is 9.23. The molecule has 0 spiro atoms. The number of nitrogens with one attached hydrogen (secondary N) is 1. The van der Waals surface area contributed by atoms with Gasteiger partial charge < -0.3 is 14.5 Å². The van der Waals surface area contributed by atoms with E-state index < -0.39 is 0 Å². The van der Waals surface area contributed by atoms with Gasteiger partial charge in [-0.15, -0.1) is 0 Å². The third-order valence-corrected chi connectivity index (χ3v) is 2.10. The molecule has 1 N–H and O–H groups in total. The van der Waals surface area contributed by atoms with Gasteiger partial charge in [0.05, 0.1) is 13.7 Å². The smallest absolute Gasteiger partial charge is 0.243 e. The van der Waals surface area contributed by atoms with Crippen molar-refractivity contribution in [3.63, 3.8) is 0 Å². The molecular formula is C11H13N3O2. The van der Waals surface area contributed by atoms with Gasteiger partial charge in [0.1, 0.15) is 5.76 Å². The molecule has 0 unspecified atom stereocenters. The average Bonchev–Trinajstić information content (AvgIpc) is 2.78. The molecule has 0 aliphatic rings. The highest BCUT2D eigenvalue weighted by atomic mass is 16.5. The number of rotatable bonds is 4. The fourth-order valence-corrected chi connectivity index (χ4v) is 1.42. The minimum atomic E-state index is 0.466. The Labute approximate surface area is 93.5 Å². The molecule has 16 heavy (non-hydrogen) atoms. The number of hydrogen-bond acceptors (Lipinski definition) is 5. The molecule has 0 aliphatic carbocycles. The lowest BCUT2D eigenvalue weighted by Crippen LogP contribution is -2.03. The summed E-state index contributed by atoms with van der Waals surface area (Å²) in [4.78, 5) is 8.26. The predicted octanol–water partition coefficient (Wildman–Crippen LogP) is 1.46. The second-order valence-electron chi connectivity index (χ2n) is 3.21. The highest BCUT2D eigenvalue weighted by Crippen LogP contribution is 2.26. The van der Waals surface area contributed by atoms with Gasteiger partial charge in [-0.3, -0.25) is 0 Å². The first-order chi connectivity index (χ1) is 7.85. The van der Waals surface area contributed by atoms with Crippen molar-refractivity contribution in [2.24, 2.45) is 0 Å². The molecule has 0 saturated carbocycles. The molecule has 0 aromatic carbocycles. The predicted molar refractivity (Wildman–Crippen MR) is 59.0 cm³/mol. The maximum atomic E-state index is 5.61. The number of nitrogens with zero attached hydrogens (tertiary/aromatic N) is 2. The first-order valence-electron chi connectivity index (χ1n) is 4.94. The quantitative estimate of drug-likeness (QED) is 0.843. The van der Waals surface area contributed by atoms with E-state index >= 15 is 0 Å². The van der Waals surface area contributed by atoms with Gasteiger partial charge in [0.25, 0.3) is 0 Å². The van der Waals surface area contributed by atoms with Crippen LogP contribution < -0.4 is 10.1 Å². The molecule has 0 atom stereocenters. The Bertz CT molecular complexity index is 468. The first-order valence-corrected chi connectivity index (χ1v) is 4.94. The Morgan fingerprint density at radius 3 is 2.88 bits per heavy atom. The summed E-state index contributed by atoms with van der Waals surface area (Å²) in [7, 11) is 3.43. The molecule has 0 aliphatic heterocycles. The molecule has 84 valence electrons. The van der Waals surface area contributed by atoms with E-state index in [1.165, 1.54) is 0 Å². The highest BCUT2D eigenvalue weighted by molar-refractivity contribution is 5.58. The van der Waals surface area contributed by atoms with Gasteiger partial charge in [0, 0.05) is 12.4 Å².